The molecule has 0 saturated carbocycles. The lowest BCUT2D eigenvalue weighted by molar-refractivity contribution is -0.116. The minimum absolute atomic E-state index is 0.0823. The van der Waals surface area contributed by atoms with E-state index in [0.29, 0.717) is 17.9 Å². The number of carbonyl (C=O) groups is 1. The zero-order valence-corrected chi connectivity index (χ0v) is 13.9. The number of hydrogen-bond acceptors (Lipinski definition) is 3. The van der Waals surface area contributed by atoms with E-state index in [1.54, 1.807) is 17.0 Å². The number of hydrogen-bond donors (Lipinski definition) is 1. The van der Waals surface area contributed by atoms with Crippen molar-refractivity contribution in [1.82, 2.24) is 0 Å². The Balaban J connectivity index is 1.94. The van der Waals surface area contributed by atoms with Crippen LogP contribution in [0, 0.1) is 5.82 Å². The van der Waals surface area contributed by atoms with Crippen molar-refractivity contribution < 1.29 is 17.6 Å². The molecule has 0 spiro atoms. The lowest BCUT2D eigenvalue weighted by Crippen LogP contribution is -2.33. The van der Waals surface area contributed by atoms with Gasteiger partial charge in [-0.15, -0.1) is 0 Å². The molecule has 1 amide bonds. The van der Waals surface area contributed by atoms with Crippen molar-refractivity contribution in [3.05, 3.63) is 53.8 Å². The Morgan fingerprint density at radius 2 is 2.00 bits per heavy atom. The summed E-state index contributed by atoms with van der Waals surface area (Å²) in [6.07, 6.45) is 1.72. The highest BCUT2D eigenvalue weighted by Gasteiger charge is 2.21. The van der Waals surface area contributed by atoms with Crippen molar-refractivity contribution in [1.29, 1.82) is 0 Å². The molecule has 7 heteroatoms. The van der Waals surface area contributed by atoms with E-state index >= 15 is 0 Å². The van der Waals surface area contributed by atoms with E-state index in [1.165, 1.54) is 25.1 Å². The number of benzene rings is 2. The van der Waals surface area contributed by atoms with Crippen molar-refractivity contribution in [3.63, 3.8) is 0 Å². The number of anilines is 2. The van der Waals surface area contributed by atoms with E-state index in [0.717, 1.165) is 24.5 Å². The fraction of sp³-hybridized carbons (Fsp3) is 0.235. The minimum Gasteiger partial charge on any atom is -0.312 e. The summed E-state index contributed by atoms with van der Waals surface area (Å²) in [5.41, 5.74) is 2.06. The van der Waals surface area contributed by atoms with Gasteiger partial charge in [0.1, 0.15) is 5.82 Å². The van der Waals surface area contributed by atoms with Crippen molar-refractivity contribution in [2.45, 2.75) is 24.7 Å². The SMILES string of the molecule is CC(=O)N1CCCc2ccc(NS(=O)(=O)c3cccc(F)c3)cc21. The number of nitrogens with zero attached hydrogens (tertiary/aromatic N) is 1. The fourth-order valence-electron chi connectivity index (χ4n) is 2.81. The van der Waals surface area contributed by atoms with Crippen molar-refractivity contribution in [3.8, 4) is 0 Å². The first-order chi connectivity index (χ1) is 11.4. The maximum absolute atomic E-state index is 13.3. The average Bonchev–Trinajstić information content (AvgIpc) is 2.53. The third-order valence-corrected chi connectivity index (χ3v) is 5.32. The Labute approximate surface area is 140 Å². The summed E-state index contributed by atoms with van der Waals surface area (Å²) >= 11 is 0. The van der Waals surface area contributed by atoms with Gasteiger partial charge >= 0.3 is 0 Å². The molecule has 0 saturated heterocycles. The van der Waals surface area contributed by atoms with Crippen LogP contribution in [0.2, 0.25) is 0 Å². The van der Waals surface area contributed by atoms with Crippen LogP contribution in [0.5, 0.6) is 0 Å². The number of rotatable bonds is 3. The molecule has 1 aliphatic rings. The van der Waals surface area contributed by atoms with Crippen molar-refractivity contribution in [2.75, 3.05) is 16.2 Å². The van der Waals surface area contributed by atoms with E-state index in [9.17, 15) is 17.6 Å². The quantitative estimate of drug-likeness (QED) is 0.927. The predicted octanol–water partition coefficient (Wildman–Crippen LogP) is 2.93. The second-order valence-electron chi connectivity index (χ2n) is 5.68. The Morgan fingerprint density at radius 1 is 1.21 bits per heavy atom. The zero-order valence-electron chi connectivity index (χ0n) is 13.1. The number of fused-ring (bicyclic) bond motifs is 1. The molecule has 0 aliphatic carbocycles. The normalized spacial score (nSPS) is 14.2. The molecule has 3 rings (SSSR count). The Morgan fingerprint density at radius 3 is 2.71 bits per heavy atom. The Bertz CT molecular complexity index is 896. The zero-order chi connectivity index (χ0) is 17.3. The van der Waals surface area contributed by atoms with Gasteiger partial charge < -0.3 is 4.90 Å². The third kappa shape index (κ3) is 3.26. The first-order valence-corrected chi connectivity index (χ1v) is 9.04. The summed E-state index contributed by atoms with van der Waals surface area (Å²) < 4.78 is 40.5. The molecule has 0 atom stereocenters. The van der Waals surface area contributed by atoms with Crippen LogP contribution in [0.25, 0.3) is 0 Å². The van der Waals surface area contributed by atoms with Gasteiger partial charge in [0.2, 0.25) is 5.91 Å². The van der Waals surface area contributed by atoms with Gasteiger partial charge in [0.25, 0.3) is 10.0 Å². The molecular weight excluding hydrogens is 331 g/mol. The molecule has 0 aromatic heterocycles. The Kier molecular flexibility index (Phi) is 4.28. The lowest BCUT2D eigenvalue weighted by atomic mass is 10.0. The monoisotopic (exact) mass is 348 g/mol. The van der Waals surface area contributed by atoms with Crippen molar-refractivity contribution >= 4 is 27.3 Å². The molecule has 0 fully saturated rings. The number of sulfonamides is 1. The van der Waals surface area contributed by atoms with E-state index in [4.69, 9.17) is 0 Å². The van der Waals surface area contributed by atoms with Gasteiger partial charge in [-0.3, -0.25) is 9.52 Å². The van der Waals surface area contributed by atoms with E-state index in [2.05, 4.69) is 4.72 Å². The predicted molar refractivity (Wildman–Crippen MR) is 90.0 cm³/mol. The number of nitrogens with one attached hydrogen (secondary N) is 1. The number of halogens is 1. The summed E-state index contributed by atoms with van der Waals surface area (Å²) in [6, 6.07) is 9.92. The highest BCUT2D eigenvalue weighted by atomic mass is 32.2. The molecule has 0 unspecified atom stereocenters. The van der Waals surface area contributed by atoms with E-state index in [1.807, 2.05) is 6.07 Å². The summed E-state index contributed by atoms with van der Waals surface area (Å²) in [5, 5.41) is 0. The highest BCUT2D eigenvalue weighted by Crippen LogP contribution is 2.31. The van der Waals surface area contributed by atoms with Gasteiger partial charge in [-0.1, -0.05) is 12.1 Å². The topological polar surface area (TPSA) is 66.5 Å². The molecule has 0 radical (unpaired) electrons. The molecule has 2 aromatic rings. The largest absolute Gasteiger partial charge is 0.312 e. The second-order valence-corrected chi connectivity index (χ2v) is 7.36. The summed E-state index contributed by atoms with van der Waals surface area (Å²) in [7, 11) is -3.89. The lowest BCUT2D eigenvalue weighted by Gasteiger charge is -2.29. The first kappa shape index (κ1) is 16.4. The second kappa shape index (κ2) is 6.24. The standard InChI is InChI=1S/C17H17FN2O3S/c1-12(21)20-9-3-4-13-7-8-15(11-17(13)20)19-24(22,23)16-6-2-5-14(18)10-16/h2,5-8,10-11,19H,3-4,9H2,1H3. The maximum Gasteiger partial charge on any atom is 0.261 e. The van der Waals surface area contributed by atoms with Gasteiger partial charge in [-0.2, -0.15) is 0 Å². The van der Waals surface area contributed by atoms with Crippen LogP contribution in [0.4, 0.5) is 15.8 Å². The molecule has 5 nitrogen and oxygen atoms in total. The molecular formula is C17H17FN2O3S. The third-order valence-electron chi connectivity index (χ3n) is 3.94. The van der Waals surface area contributed by atoms with E-state index in [-0.39, 0.29) is 10.8 Å². The Hall–Kier alpha value is -2.41. The smallest absolute Gasteiger partial charge is 0.261 e. The molecule has 0 bridgehead atoms. The molecule has 1 aliphatic heterocycles. The molecule has 126 valence electrons. The highest BCUT2D eigenvalue weighted by molar-refractivity contribution is 7.92. The van der Waals surface area contributed by atoms with Crippen LogP contribution >= 0.6 is 0 Å². The van der Waals surface area contributed by atoms with Crippen LogP contribution in [-0.2, 0) is 21.2 Å². The minimum atomic E-state index is -3.89. The number of carbonyl (C=O) groups excluding carboxylic acids is 1. The van der Waals surface area contributed by atoms with Crippen LogP contribution in [0.15, 0.2) is 47.4 Å². The van der Waals surface area contributed by atoms with Gasteiger partial charge in [-0.25, -0.2) is 12.8 Å². The van der Waals surface area contributed by atoms with E-state index < -0.39 is 15.8 Å². The van der Waals surface area contributed by atoms with Crippen LogP contribution < -0.4 is 9.62 Å². The average molecular weight is 348 g/mol. The van der Waals surface area contributed by atoms with Crippen molar-refractivity contribution in [2.24, 2.45) is 0 Å². The van der Waals surface area contributed by atoms with Gasteiger partial charge in [0.15, 0.2) is 0 Å². The van der Waals surface area contributed by atoms with Crippen LogP contribution in [0.1, 0.15) is 18.9 Å². The van der Waals surface area contributed by atoms with Crippen LogP contribution in [0.3, 0.4) is 0 Å². The summed E-state index contributed by atoms with van der Waals surface area (Å²) in [5.74, 6) is -0.702. The van der Waals surface area contributed by atoms with Gasteiger partial charge in [-0.05, 0) is 48.7 Å². The maximum atomic E-state index is 13.3. The number of aryl methyl sites for hydroxylation is 1. The first-order valence-electron chi connectivity index (χ1n) is 7.56. The number of amides is 1. The summed E-state index contributed by atoms with van der Waals surface area (Å²) in [4.78, 5) is 13.3. The van der Waals surface area contributed by atoms with Gasteiger partial charge in [0, 0.05) is 19.2 Å². The summed E-state index contributed by atoms with van der Waals surface area (Å²) in [6.45, 7) is 2.10. The molecule has 2 aromatic carbocycles. The molecule has 24 heavy (non-hydrogen) atoms. The molecule has 1 heterocycles. The van der Waals surface area contributed by atoms with Gasteiger partial charge in [0.05, 0.1) is 10.6 Å². The fourth-order valence-corrected chi connectivity index (χ4v) is 3.89. The van der Waals surface area contributed by atoms with Crippen LogP contribution in [-0.4, -0.2) is 20.9 Å². The molecule has 1 N–H and O–H groups in total.